The van der Waals surface area contributed by atoms with Crippen molar-refractivity contribution in [3.05, 3.63) is 28.5 Å². The molecule has 0 N–H and O–H groups in total. The maximum absolute atomic E-state index is 12.1. The van der Waals surface area contributed by atoms with E-state index in [-0.39, 0.29) is 12.7 Å². The van der Waals surface area contributed by atoms with Crippen molar-refractivity contribution in [3.8, 4) is 0 Å². The monoisotopic (exact) mass is 397 g/mol. The second-order valence-corrected chi connectivity index (χ2v) is 7.74. The topological polar surface area (TPSA) is 65.5 Å². The summed E-state index contributed by atoms with van der Waals surface area (Å²) in [5.74, 6) is 0.308. The standard InChI is InChI=1S/C18H24BrNO4/c1-11(2)15-5-4-12(3)6-16(15)24-17(21)10-23-18(22)13-7-14(19)9-20-8-13/h7-9,11-12,15-16H,4-6,10H2,1-3H3/t12-,15-,16+/m1/s1. The fourth-order valence-corrected chi connectivity index (χ4v) is 3.55. The molecule has 2 rings (SSSR count). The molecule has 0 amide bonds. The van der Waals surface area contributed by atoms with Gasteiger partial charge in [-0.05, 0) is 52.6 Å². The highest BCUT2D eigenvalue weighted by Gasteiger charge is 2.33. The van der Waals surface area contributed by atoms with Crippen LogP contribution in [0, 0.1) is 17.8 Å². The molecule has 1 fully saturated rings. The summed E-state index contributed by atoms with van der Waals surface area (Å²) in [4.78, 5) is 27.9. The van der Waals surface area contributed by atoms with E-state index in [1.807, 2.05) is 0 Å². The number of ether oxygens (including phenoxy) is 2. The van der Waals surface area contributed by atoms with Crippen LogP contribution >= 0.6 is 15.9 Å². The van der Waals surface area contributed by atoms with Gasteiger partial charge in [0.15, 0.2) is 6.61 Å². The summed E-state index contributed by atoms with van der Waals surface area (Å²) >= 11 is 3.24. The molecule has 0 radical (unpaired) electrons. The van der Waals surface area contributed by atoms with Crippen LogP contribution in [0.5, 0.6) is 0 Å². The van der Waals surface area contributed by atoms with Crippen LogP contribution in [0.25, 0.3) is 0 Å². The zero-order valence-electron chi connectivity index (χ0n) is 14.3. The van der Waals surface area contributed by atoms with E-state index in [4.69, 9.17) is 9.47 Å². The van der Waals surface area contributed by atoms with Crippen LogP contribution in [0.1, 0.15) is 50.4 Å². The maximum Gasteiger partial charge on any atom is 0.344 e. The van der Waals surface area contributed by atoms with Gasteiger partial charge in [0.2, 0.25) is 0 Å². The molecule has 0 aromatic carbocycles. The quantitative estimate of drug-likeness (QED) is 0.702. The lowest BCUT2D eigenvalue weighted by atomic mass is 9.75. The lowest BCUT2D eigenvalue weighted by Gasteiger charge is -2.36. The molecular formula is C18H24BrNO4. The molecule has 132 valence electrons. The van der Waals surface area contributed by atoms with Crippen LogP contribution in [0.3, 0.4) is 0 Å². The first-order valence-corrected chi connectivity index (χ1v) is 9.13. The highest BCUT2D eigenvalue weighted by Crippen LogP contribution is 2.35. The summed E-state index contributed by atoms with van der Waals surface area (Å²) in [6, 6.07) is 1.60. The average molecular weight is 398 g/mol. The van der Waals surface area contributed by atoms with Gasteiger partial charge in [0, 0.05) is 16.9 Å². The number of aromatic nitrogens is 1. The minimum absolute atomic E-state index is 0.0903. The maximum atomic E-state index is 12.1. The minimum atomic E-state index is -0.585. The van der Waals surface area contributed by atoms with Crippen LogP contribution in [-0.4, -0.2) is 29.6 Å². The number of pyridine rings is 1. The Morgan fingerprint density at radius 3 is 2.75 bits per heavy atom. The largest absolute Gasteiger partial charge is 0.460 e. The summed E-state index contributed by atoms with van der Waals surface area (Å²) in [7, 11) is 0. The fraction of sp³-hybridized carbons (Fsp3) is 0.611. The van der Waals surface area contributed by atoms with Crippen molar-refractivity contribution in [1.29, 1.82) is 0 Å². The van der Waals surface area contributed by atoms with Crippen LogP contribution in [0.2, 0.25) is 0 Å². The van der Waals surface area contributed by atoms with Crippen LogP contribution in [-0.2, 0) is 14.3 Å². The average Bonchev–Trinajstić information content (AvgIpc) is 2.52. The lowest BCUT2D eigenvalue weighted by molar-refractivity contribution is -0.159. The molecule has 0 unspecified atom stereocenters. The van der Waals surface area contributed by atoms with E-state index in [9.17, 15) is 9.59 Å². The summed E-state index contributed by atoms with van der Waals surface area (Å²) in [5.41, 5.74) is 0.295. The van der Waals surface area contributed by atoms with Gasteiger partial charge in [-0.3, -0.25) is 4.98 Å². The van der Waals surface area contributed by atoms with Gasteiger partial charge in [-0.1, -0.05) is 27.2 Å². The number of nitrogens with zero attached hydrogens (tertiary/aromatic N) is 1. The van der Waals surface area contributed by atoms with Gasteiger partial charge in [0.25, 0.3) is 0 Å². The second-order valence-electron chi connectivity index (χ2n) is 6.82. The Kier molecular flexibility index (Phi) is 6.78. The number of hydrogen-bond acceptors (Lipinski definition) is 5. The molecule has 0 saturated heterocycles. The predicted molar refractivity (Wildman–Crippen MR) is 93.4 cm³/mol. The van der Waals surface area contributed by atoms with E-state index in [1.165, 1.54) is 12.6 Å². The van der Waals surface area contributed by atoms with Gasteiger partial charge in [0.05, 0.1) is 5.56 Å². The van der Waals surface area contributed by atoms with E-state index >= 15 is 0 Å². The molecule has 1 aromatic heterocycles. The zero-order valence-corrected chi connectivity index (χ0v) is 15.9. The fourth-order valence-electron chi connectivity index (χ4n) is 3.18. The number of rotatable bonds is 5. The van der Waals surface area contributed by atoms with Crippen LogP contribution in [0.15, 0.2) is 22.9 Å². The molecule has 24 heavy (non-hydrogen) atoms. The van der Waals surface area contributed by atoms with Crippen molar-refractivity contribution in [1.82, 2.24) is 4.98 Å². The first-order valence-electron chi connectivity index (χ1n) is 8.34. The van der Waals surface area contributed by atoms with Gasteiger partial charge in [-0.2, -0.15) is 0 Å². The number of halogens is 1. The Bertz CT molecular complexity index is 590. The number of carbonyl (C=O) groups excluding carboxylic acids is 2. The van der Waals surface area contributed by atoms with E-state index in [2.05, 4.69) is 41.7 Å². The highest BCUT2D eigenvalue weighted by atomic mass is 79.9. The molecule has 1 heterocycles. The highest BCUT2D eigenvalue weighted by molar-refractivity contribution is 9.10. The summed E-state index contributed by atoms with van der Waals surface area (Å²) in [6.07, 6.45) is 5.99. The number of carbonyl (C=O) groups is 2. The third-order valence-corrected chi connectivity index (χ3v) is 4.94. The van der Waals surface area contributed by atoms with Gasteiger partial charge >= 0.3 is 11.9 Å². The third-order valence-electron chi connectivity index (χ3n) is 4.51. The predicted octanol–water partition coefficient (Wildman–Crippen LogP) is 4.00. The molecule has 0 spiro atoms. The SMILES string of the molecule is CC(C)[C@H]1CC[C@@H](C)C[C@@H]1OC(=O)COC(=O)c1cncc(Br)c1. The van der Waals surface area contributed by atoms with Crippen molar-refractivity contribution >= 4 is 27.9 Å². The van der Waals surface area contributed by atoms with E-state index < -0.39 is 11.9 Å². The number of hydrogen-bond donors (Lipinski definition) is 0. The molecule has 1 aliphatic rings. The Morgan fingerprint density at radius 1 is 1.33 bits per heavy atom. The van der Waals surface area contributed by atoms with Gasteiger partial charge < -0.3 is 9.47 Å². The third kappa shape index (κ3) is 5.30. The summed E-state index contributed by atoms with van der Waals surface area (Å²) < 4.78 is 11.3. The number of esters is 2. The summed E-state index contributed by atoms with van der Waals surface area (Å²) in [6.45, 7) is 6.11. The smallest absolute Gasteiger partial charge is 0.344 e. The molecule has 1 saturated carbocycles. The first kappa shape index (κ1) is 18.9. The Morgan fingerprint density at radius 2 is 2.08 bits per heavy atom. The van der Waals surface area contributed by atoms with E-state index in [0.29, 0.717) is 27.8 Å². The van der Waals surface area contributed by atoms with Gasteiger partial charge in [0.1, 0.15) is 6.10 Å². The molecule has 1 aliphatic carbocycles. The molecule has 0 bridgehead atoms. The van der Waals surface area contributed by atoms with Crippen molar-refractivity contribution in [2.24, 2.45) is 17.8 Å². The lowest BCUT2D eigenvalue weighted by Crippen LogP contribution is -2.36. The van der Waals surface area contributed by atoms with Crippen molar-refractivity contribution < 1.29 is 19.1 Å². The molecule has 0 aliphatic heterocycles. The van der Waals surface area contributed by atoms with Crippen molar-refractivity contribution in [2.75, 3.05) is 6.61 Å². The van der Waals surface area contributed by atoms with Crippen LogP contribution in [0.4, 0.5) is 0 Å². The van der Waals surface area contributed by atoms with E-state index in [0.717, 1.165) is 12.8 Å². The summed E-state index contributed by atoms with van der Waals surface area (Å²) in [5, 5.41) is 0. The van der Waals surface area contributed by atoms with E-state index in [1.54, 1.807) is 12.3 Å². The zero-order chi connectivity index (χ0) is 17.7. The molecule has 3 atom stereocenters. The second kappa shape index (κ2) is 8.60. The molecule has 5 nitrogen and oxygen atoms in total. The van der Waals surface area contributed by atoms with Crippen LogP contribution < -0.4 is 0 Å². The van der Waals surface area contributed by atoms with Gasteiger partial charge in [-0.25, -0.2) is 9.59 Å². The Hall–Kier alpha value is -1.43. The molecular weight excluding hydrogens is 374 g/mol. The van der Waals surface area contributed by atoms with Crippen molar-refractivity contribution in [3.63, 3.8) is 0 Å². The first-order chi connectivity index (χ1) is 11.4. The van der Waals surface area contributed by atoms with Gasteiger partial charge in [-0.15, -0.1) is 0 Å². The molecule has 6 heteroatoms. The van der Waals surface area contributed by atoms with Crippen molar-refractivity contribution in [2.45, 2.75) is 46.1 Å². The minimum Gasteiger partial charge on any atom is -0.460 e. The normalized spacial score (nSPS) is 23.8. The Balaban J connectivity index is 1.86. The Labute approximate surface area is 151 Å². The molecule has 1 aromatic rings.